The van der Waals surface area contributed by atoms with Crippen molar-refractivity contribution in [2.45, 2.75) is 18.0 Å². The third-order valence-electron chi connectivity index (χ3n) is 3.22. The molecule has 0 aliphatic carbocycles. The molecule has 0 aliphatic heterocycles. The van der Waals surface area contributed by atoms with Crippen molar-refractivity contribution >= 4 is 44.7 Å². The number of unbranched alkanes of at least 4 members (excludes halogenated alkanes) is 1. The van der Waals surface area contributed by atoms with Gasteiger partial charge in [-0.3, -0.25) is 9.36 Å². The summed E-state index contributed by atoms with van der Waals surface area (Å²) in [4.78, 5) is 19.2. The summed E-state index contributed by atoms with van der Waals surface area (Å²) in [6.45, 7) is 0. The Labute approximate surface area is 140 Å². The first-order valence-electron chi connectivity index (χ1n) is 6.74. The van der Waals surface area contributed by atoms with E-state index in [1.807, 2.05) is 22.9 Å². The predicted octanol–water partition coefficient (Wildman–Crippen LogP) is 4.12. The second-order valence-corrected chi connectivity index (χ2v) is 7.54. The van der Waals surface area contributed by atoms with E-state index in [2.05, 4.69) is 11.1 Å². The van der Waals surface area contributed by atoms with Crippen LogP contribution < -0.4 is 5.56 Å². The Morgan fingerprint density at radius 1 is 1.45 bits per heavy atom. The Bertz CT molecular complexity index is 887. The molecular weight excluding hydrogens is 334 g/mol. The Balaban J connectivity index is 2.01. The molecule has 0 amide bonds. The van der Waals surface area contributed by atoms with Crippen molar-refractivity contribution < 1.29 is 0 Å². The van der Waals surface area contributed by atoms with Crippen LogP contribution in [0.3, 0.4) is 0 Å². The summed E-state index contributed by atoms with van der Waals surface area (Å²) in [6.07, 6.45) is 1.34. The molecule has 3 aromatic rings. The van der Waals surface area contributed by atoms with Gasteiger partial charge in [-0.2, -0.15) is 5.26 Å². The van der Waals surface area contributed by atoms with E-state index >= 15 is 0 Å². The fourth-order valence-corrected chi connectivity index (χ4v) is 4.82. The highest BCUT2D eigenvalue weighted by Crippen LogP contribution is 2.34. The van der Waals surface area contributed by atoms with Crippen LogP contribution in [0.4, 0.5) is 0 Å². The quantitative estimate of drug-likeness (QED) is 0.396. The predicted molar refractivity (Wildman–Crippen MR) is 93.7 cm³/mol. The van der Waals surface area contributed by atoms with E-state index in [-0.39, 0.29) is 5.56 Å². The monoisotopic (exact) mass is 347 g/mol. The highest BCUT2D eigenvalue weighted by molar-refractivity contribution is 7.99. The van der Waals surface area contributed by atoms with E-state index < -0.39 is 0 Å². The highest BCUT2D eigenvalue weighted by atomic mass is 32.2. The standard InChI is InChI=1S/C15H13N3OS3/c1-18-14(19)12-10(11-5-4-8-20-11)9-22-13(12)17-15(18)21-7-3-2-6-16/h4-5,8-9H,2-3,7H2,1H3. The summed E-state index contributed by atoms with van der Waals surface area (Å²) in [5.41, 5.74) is 0.974. The Kier molecular flexibility index (Phi) is 4.62. The van der Waals surface area contributed by atoms with Gasteiger partial charge in [0.2, 0.25) is 0 Å². The summed E-state index contributed by atoms with van der Waals surface area (Å²) in [5.74, 6) is 0.794. The fourth-order valence-electron chi connectivity index (χ4n) is 2.11. The van der Waals surface area contributed by atoms with Crippen molar-refractivity contribution in [3.63, 3.8) is 0 Å². The van der Waals surface area contributed by atoms with E-state index in [0.29, 0.717) is 11.8 Å². The maximum absolute atomic E-state index is 12.7. The van der Waals surface area contributed by atoms with Gasteiger partial charge in [-0.05, 0) is 17.9 Å². The zero-order valence-corrected chi connectivity index (χ0v) is 14.4. The largest absolute Gasteiger partial charge is 0.290 e. The van der Waals surface area contributed by atoms with Gasteiger partial charge in [-0.15, -0.1) is 22.7 Å². The van der Waals surface area contributed by atoms with Crippen LogP contribution in [0.25, 0.3) is 20.7 Å². The third-order valence-corrected chi connectivity index (χ3v) is 6.12. The number of rotatable bonds is 5. The molecule has 0 aliphatic rings. The van der Waals surface area contributed by atoms with Crippen LogP contribution in [0, 0.1) is 11.3 Å². The zero-order chi connectivity index (χ0) is 15.5. The lowest BCUT2D eigenvalue weighted by atomic mass is 10.2. The SMILES string of the molecule is Cn1c(SCCCC#N)nc2scc(-c3cccs3)c2c1=O. The lowest BCUT2D eigenvalue weighted by molar-refractivity contribution is 0.727. The van der Waals surface area contributed by atoms with Gasteiger partial charge in [-0.1, -0.05) is 17.8 Å². The molecule has 3 heterocycles. The van der Waals surface area contributed by atoms with Crippen LogP contribution in [0.5, 0.6) is 0 Å². The first-order valence-corrected chi connectivity index (χ1v) is 9.48. The number of thioether (sulfide) groups is 1. The van der Waals surface area contributed by atoms with E-state index in [1.165, 1.54) is 23.1 Å². The molecular formula is C15H13N3OS3. The normalized spacial score (nSPS) is 10.9. The van der Waals surface area contributed by atoms with Gasteiger partial charge in [-0.25, -0.2) is 4.98 Å². The molecule has 0 spiro atoms. The number of hydrogen-bond donors (Lipinski definition) is 0. The average molecular weight is 347 g/mol. The zero-order valence-electron chi connectivity index (χ0n) is 11.9. The van der Waals surface area contributed by atoms with Gasteiger partial charge >= 0.3 is 0 Å². The maximum Gasteiger partial charge on any atom is 0.263 e. The average Bonchev–Trinajstić information content (AvgIpc) is 3.17. The second-order valence-electron chi connectivity index (χ2n) is 4.68. The Hall–Kier alpha value is -1.62. The highest BCUT2D eigenvalue weighted by Gasteiger charge is 2.15. The summed E-state index contributed by atoms with van der Waals surface area (Å²) in [5, 5.41) is 14.0. The minimum atomic E-state index is -0.00238. The maximum atomic E-state index is 12.7. The summed E-state index contributed by atoms with van der Waals surface area (Å²) < 4.78 is 1.61. The van der Waals surface area contributed by atoms with Crippen LogP contribution in [-0.2, 0) is 7.05 Å². The number of nitrogens with zero attached hydrogens (tertiary/aromatic N) is 3. The van der Waals surface area contributed by atoms with Gasteiger partial charge in [0.15, 0.2) is 5.16 Å². The Morgan fingerprint density at radius 3 is 3.05 bits per heavy atom. The molecule has 4 nitrogen and oxygen atoms in total. The molecule has 0 unspecified atom stereocenters. The van der Waals surface area contributed by atoms with Crippen molar-refractivity contribution in [3.8, 4) is 16.5 Å². The number of hydrogen-bond acceptors (Lipinski definition) is 6. The first-order chi connectivity index (χ1) is 10.7. The third kappa shape index (κ3) is 2.82. The molecule has 0 bridgehead atoms. The lowest BCUT2D eigenvalue weighted by Crippen LogP contribution is -2.19. The minimum Gasteiger partial charge on any atom is -0.290 e. The Morgan fingerprint density at radius 2 is 2.32 bits per heavy atom. The molecule has 0 saturated carbocycles. The molecule has 112 valence electrons. The van der Waals surface area contributed by atoms with Crippen LogP contribution in [0.2, 0.25) is 0 Å². The van der Waals surface area contributed by atoms with Crippen molar-refractivity contribution in [3.05, 3.63) is 33.2 Å². The molecule has 7 heteroatoms. The van der Waals surface area contributed by atoms with Crippen molar-refractivity contribution in [1.29, 1.82) is 5.26 Å². The van der Waals surface area contributed by atoms with Crippen molar-refractivity contribution in [2.24, 2.45) is 7.05 Å². The topological polar surface area (TPSA) is 58.7 Å². The number of fused-ring (bicyclic) bond motifs is 1. The van der Waals surface area contributed by atoms with Crippen LogP contribution >= 0.6 is 34.4 Å². The van der Waals surface area contributed by atoms with Crippen LogP contribution in [-0.4, -0.2) is 15.3 Å². The minimum absolute atomic E-state index is 0.00238. The van der Waals surface area contributed by atoms with E-state index in [4.69, 9.17) is 5.26 Å². The first kappa shape index (κ1) is 15.3. The van der Waals surface area contributed by atoms with Gasteiger partial charge in [0.25, 0.3) is 5.56 Å². The molecule has 0 radical (unpaired) electrons. The number of nitriles is 1. The molecule has 22 heavy (non-hydrogen) atoms. The van der Waals surface area contributed by atoms with Crippen LogP contribution in [0.1, 0.15) is 12.8 Å². The molecule has 0 aromatic carbocycles. The molecule has 0 atom stereocenters. The van der Waals surface area contributed by atoms with Gasteiger partial charge in [0.05, 0.1) is 11.5 Å². The number of thiophene rings is 2. The molecule has 0 saturated heterocycles. The lowest BCUT2D eigenvalue weighted by Gasteiger charge is -2.06. The second kappa shape index (κ2) is 6.65. The van der Waals surface area contributed by atoms with E-state index in [0.717, 1.165) is 32.6 Å². The van der Waals surface area contributed by atoms with E-state index in [9.17, 15) is 4.79 Å². The van der Waals surface area contributed by atoms with Crippen LogP contribution in [0.15, 0.2) is 32.8 Å². The molecule has 0 N–H and O–H groups in total. The smallest absolute Gasteiger partial charge is 0.263 e. The van der Waals surface area contributed by atoms with Crippen molar-refractivity contribution in [1.82, 2.24) is 9.55 Å². The van der Waals surface area contributed by atoms with Gasteiger partial charge in [0.1, 0.15) is 4.83 Å². The summed E-state index contributed by atoms with van der Waals surface area (Å²) in [7, 11) is 1.76. The number of aromatic nitrogens is 2. The summed E-state index contributed by atoms with van der Waals surface area (Å²) >= 11 is 4.67. The van der Waals surface area contributed by atoms with Crippen molar-refractivity contribution in [2.75, 3.05) is 5.75 Å². The molecule has 3 aromatic heterocycles. The van der Waals surface area contributed by atoms with Gasteiger partial charge in [0, 0.05) is 35.0 Å². The summed E-state index contributed by atoms with van der Waals surface area (Å²) in [6, 6.07) is 6.14. The fraction of sp³-hybridized carbons (Fsp3) is 0.267. The molecule has 3 rings (SSSR count). The van der Waals surface area contributed by atoms with Gasteiger partial charge < -0.3 is 0 Å². The molecule has 0 fully saturated rings. The van der Waals surface area contributed by atoms with E-state index in [1.54, 1.807) is 23.0 Å².